The number of amides is 1. The molecule has 28 heavy (non-hydrogen) atoms. The Hall–Kier alpha value is -3.19. The fraction of sp³-hybridized carbons (Fsp3) is 0.190. The molecular formula is C21H20N2O4S. The van der Waals surface area contributed by atoms with Crippen molar-refractivity contribution in [3.8, 4) is 5.75 Å². The molecule has 0 unspecified atom stereocenters. The largest absolute Gasteiger partial charge is 0.492 e. The van der Waals surface area contributed by atoms with E-state index in [1.807, 2.05) is 55.5 Å². The summed E-state index contributed by atoms with van der Waals surface area (Å²) in [4.78, 5) is 28.9. The summed E-state index contributed by atoms with van der Waals surface area (Å²) in [5, 5.41) is 0. The number of fused-ring (bicyclic) bond motifs is 1. The topological polar surface area (TPSA) is 69.9 Å². The number of carbonyl (C=O) groups is 2. The van der Waals surface area contributed by atoms with Gasteiger partial charge >= 0.3 is 5.97 Å². The number of para-hydroxylation sites is 1. The van der Waals surface area contributed by atoms with Gasteiger partial charge in [0.15, 0.2) is 4.80 Å². The van der Waals surface area contributed by atoms with Gasteiger partial charge < -0.3 is 14.0 Å². The number of carbonyl (C=O) groups excluding carboxylic acids is 2. The smallest absolute Gasteiger partial charge is 0.325 e. The van der Waals surface area contributed by atoms with E-state index in [0.717, 1.165) is 15.8 Å². The first-order chi connectivity index (χ1) is 13.6. The maximum atomic E-state index is 12.4. The van der Waals surface area contributed by atoms with Gasteiger partial charge in [0.05, 0.1) is 18.4 Å². The second-order valence-electron chi connectivity index (χ2n) is 5.78. The minimum atomic E-state index is -0.431. The van der Waals surface area contributed by atoms with Crippen molar-refractivity contribution in [3.05, 3.63) is 65.0 Å². The lowest BCUT2D eigenvalue weighted by Gasteiger charge is -2.08. The van der Waals surface area contributed by atoms with E-state index in [9.17, 15) is 9.59 Å². The zero-order valence-corrected chi connectivity index (χ0v) is 16.4. The Morgan fingerprint density at radius 1 is 1.14 bits per heavy atom. The van der Waals surface area contributed by atoms with Crippen LogP contribution in [0.3, 0.4) is 0 Å². The highest BCUT2D eigenvalue weighted by atomic mass is 32.1. The lowest BCUT2D eigenvalue weighted by atomic mass is 10.2. The second kappa shape index (κ2) is 9.14. The molecule has 7 heteroatoms. The third kappa shape index (κ3) is 4.55. The first-order valence-electron chi connectivity index (χ1n) is 8.76. The molecule has 144 valence electrons. The standard InChI is InChI=1S/C21H20N2O4S/c1-3-27-16-10-7-11-17-20(16)23(14-19(25)26-2)21(28-17)22-18(24)13-12-15-8-5-4-6-9-15/h4-13H,3,14H2,1-2H3. The van der Waals surface area contributed by atoms with Crippen molar-refractivity contribution in [3.63, 3.8) is 0 Å². The molecule has 1 amide bonds. The normalized spacial score (nSPS) is 11.9. The fourth-order valence-corrected chi connectivity index (χ4v) is 3.71. The predicted molar refractivity (Wildman–Crippen MR) is 109 cm³/mol. The van der Waals surface area contributed by atoms with Crippen LogP contribution in [-0.4, -0.2) is 30.2 Å². The first-order valence-corrected chi connectivity index (χ1v) is 9.57. The molecule has 6 nitrogen and oxygen atoms in total. The minimum Gasteiger partial charge on any atom is -0.492 e. The second-order valence-corrected chi connectivity index (χ2v) is 6.79. The summed E-state index contributed by atoms with van der Waals surface area (Å²) >= 11 is 1.32. The van der Waals surface area contributed by atoms with Crippen LogP contribution < -0.4 is 9.54 Å². The lowest BCUT2D eigenvalue weighted by molar-refractivity contribution is -0.141. The van der Waals surface area contributed by atoms with E-state index >= 15 is 0 Å². The molecular weight excluding hydrogens is 376 g/mol. The van der Waals surface area contributed by atoms with Gasteiger partial charge in [-0.1, -0.05) is 47.7 Å². The maximum absolute atomic E-state index is 12.4. The average molecular weight is 396 g/mol. The van der Waals surface area contributed by atoms with Crippen LogP contribution in [0.25, 0.3) is 16.3 Å². The van der Waals surface area contributed by atoms with Gasteiger partial charge in [-0.3, -0.25) is 9.59 Å². The molecule has 3 rings (SSSR count). The summed E-state index contributed by atoms with van der Waals surface area (Å²) in [6, 6.07) is 15.1. The van der Waals surface area contributed by atoms with Crippen molar-refractivity contribution >= 4 is 39.5 Å². The van der Waals surface area contributed by atoms with Gasteiger partial charge in [0.2, 0.25) is 0 Å². The van der Waals surface area contributed by atoms with E-state index < -0.39 is 11.9 Å². The number of esters is 1. The van der Waals surface area contributed by atoms with Gasteiger partial charge in [0.1, 0.15) is 17.8 Å². The van der Waals surface area contributed by atoms with Crippen molar-refractivity contribution in [1.82, 2.24) is 4.57 Å². The number of rotatable bonds is 6. The quantitative estimate of drug-likeness (QED) is 0.473. The third-order valence-electron chi connectivity index (χ3n) is 3.90. The van der Waals surface area contributed by atoms with E-state index in [1.54, 1.807) is 10.6 Å². The van der Waals surface area contributed by atoms with Crippen molar-refractivity contribution < 1.29 is 19.1 Å². The van der Waals surface area contributed by atoms with E-state index in [-0.39, 0.29) is 6.54 Å². The molecule has 0 spiro atoms. The summed E-state index contributed by atoms with van der Waals surface area (Å²) in [7, 11) is 1.32. The highest BCUT2D eigenvalue weighted by Gasteiger charge is 2.15. The Balaban J connectivity index is 2.05. The van der Waals surface area contributed by atoms with Gasteiger partial charge in [-0.25, -0.2) is 0 Å². The summed E-state index contributed by atoms with van der Waals surface area (Å²) in [5.74, 6) is -0.208. The Labute approximate surface area is 166 Å². The monoisotopic (exact) mass is 396 g/mol. The Morgan fingerprint density at radius 3 is 2.64 bits per heavy atom. The van der Waals surface area contributed by atoms with E-state index in [1.165, 1.54) is 24.5 Å². The highest BCUT2D eigenvalue weighted by molar-refractivity contribution is 7.16. The van der Waals surface area contributed by atoms with Gasteiger partial charge in [0.25, 0.3) is 5.91 Å². The number of nitrogens with zero attached hydrogens (tertiary/aromatic N) is 2. The summed E-state index contributed by atoms with van der Waals surface area (Å²) in [6.07, 6.45) is 3.11. The Bertz CT molecular complexity index is 1080. The van der Waals surface area contributed by atoms with Gasteiger partial charge in [-0.2, -0.15) is 4.99 Å². The Morgan fingerprint density at radius 2 is 1.93 bits per heavy atom. The molecule has 0 aliphatic rings. The number of ether oxygens (including phenoxy) is 2. The highest BCUT2D eigenvalue weighted by Crippen LogP contribution is 2.27. The zero-order valence-electron chi connectivity index (χ0n) is 15.6. The third-order valence-corrected chi connectivity index (χ3v) is 4.95. The summed E-state index contributed by atoms with van der Waals surface area (Å²) in [6.45, 7) is 2.31. The van der Waals surface area contributed by atoms with Crippen molar-refractivity contribution in [2.24, 2.45) is 4.99 Å². The van der Waals surface area contributed by atoms with E-state index in [4.69, 9.17) is 9.47 Å². The first kappa shape index (κ1) is 19.6. The van der Waals surface area contributed by atoms with E-state index in [2.05, 4.69) is 4.99 Å². The minimum absolute atomic E-state index is 0.0604. The molecule has 3 aromatic rings. The van der Waals surface area contributed by atoms with Crippen LogP contribution in [0.2, 0.25) is 0 Å². The van der Waals surface area contributed by atoms with Crippen LogP contribution in [-0.2, 0) is 20.9 Å². The molecule has 0 saturated carbocycles. The maximum Gasteiger partial charge on any atom is 0.325 e. The predicted octanol–water partition coefficient (Wildman–Crippen LogP) is 3.42. The summed E-state index contributed by atoms with van der Waals surface area (Å²) in [5.41, 5.74) is 1.63. The molecule has 0 radical (unpaired) electrons. The molecule has 0 aliphatic carbocycles. The fourth-order valence-electron chi connectivity index (χ4n) is 2.66. The molecule has 0 bridgehead atoms. The van der Waals surface area contributed by atoms with Crippen molar-refractivity contribution in [2.75, 3.05) is 13.7 Å². The molecule has 0 aliphatic heterocycles. The number of aromatic nitrogens is 1. The van der Waals surface area contributed by atoms with Crippen molar-refractivity contribution in [1.29, 1.82) is 0 Å². The van der Waals surface area contributed by atoms with Gasteiger partial charge in [-0.05, 0) is 30.7 Å². The molecule has 0 N–H and O–H groups in total. The number of benzene rings is 2. The SMILES string of the molecule is CCOc1cccc2sc(=NC(=O)C=Cc3ccccc3)n(CC(=O)OC)c12. The van der Waals surface area contributed by atoms with Crippen LogP contribution in [0, 0.1) is 0 Å². The van der Waals surface area contributed by atoms with Crippen LogP contribution in [0.1, 0.15) is 12.5 Å². The van der Waals surface area contributed by atoms with Crippen LogP contribution >= 0.6 is 11.3 Å². The zero-order chi connectivity index (χ0) is 19.9. The molecule has 2 aromatic carbocycles. The molecule has 1 aromatic heterocycles. The average Bonchev–Trinajstić information content (AvgIpc) is 3.05. The van der Waals surface area contributed by atoms with Crippen molar-refractivity contribution in [2.45, 2.75) is 13.5 Å². The molecule has 0 fully saturated rings. The molecule has 0 atom stereocenters. The number of hydrogen-bond donors (Lipinski definition) is 0. The van der Waals surface area contributed by atoms with Crippen LogP contribution in [0.15, 0.2) is 59.6 Å². The van der Waals surface area contributed by atoms with Gasteiger partial charge in [0, 0.05) is 6.08 Å². The number of methoxy groups -OCH3 is 1. The number of thiazole rings is 1. The molecule has 1 heterocycles. The summed E-state index contributed by atoms with van der Waals surface area (Å²) < 4.78 is 13.0. The van der Waals surface area contributed by atoms with E-state index in [0.29, 0.717) is 17.2 Å². The van der Waals surface area contributed by atoms with Gasteiger partial charge in [-0.15, -0.1) is 0 Å². The molecule has 0 saturated heterocycles. The Kier molecular flexibility index (Phi) is 6.39. The number of hydrogen-bond acceptors (Lipinski definition) is 5. The lowest BCUT2D eigenvalue weighted by Crippen LogP contribution is -2.22. The van der Waals surface area contributed by atoms with Crippen LogP contribution in [0.4, 0.5) is 0 Å². The van der Waals surface area contributed by atoms with Crippen LogP contribution in [0.5, 0.6) is 5.75 Å².